The topological polar surface area (TPSA) is 6.48 Å². The van der Waals surface area contributed by atoms with Crippen molar-refractivity contribution in [2.75, 3.05) is 22.9 Å². The van der Waals surface area contributed by atoms with Crippen molar-refractivity contribution >= 4 is 22.7 Å². The number of benzene rings is 10. The second-order valence-corrected chi connectivity index (χ2v) is 22.5. The number of nitrogens with zero attached hydrogens (tertiary/aromatic N) is 2. The Balaban J connectivity index is 0.956. The molecule has 0 N–H and O–H groups in total. The highest BCUT2D eigenvalue weighted by atomic mass is 15.1. The van der Waals surface area contributed by atoms with E-state index in [9.17, 15) is 0 Å². The molecule has 1 saturated carbocycles. The summed E-state index contributed by atoms with van der Waals surface area (Å²) in [4.78, 5) is 5.11. The first kappa shape index (κ1) is 51.9. The molecule has 1 fully saturated rings. The van der Waals surface area contributed by atoms with Crippen LogP contribution < -0.4 is 9.80 Å². The van der Waals surface area contributed by atoms with Gasteiger partial charge in [-0.3, -0.25) is 0 Å². The number of rotatable bonds is 16. The van der Waals surface area contributed by atoms with Crippen LogP contribution in [0, 0.1) is 41.5 Å². The average molecular weight is 1020 g/mol. The van der Waals surface area contributed by atoms with Crippen LogP contribution in [0.4, 0.5) is 22.7 Å². The predicted molar refractivity (Wildman–Crippen MR) is 332 cm³/mol. The number of hydrogen-bond donors (Lipinski definition) is 0. The molecule has 0 radical (unpaired) electrons. The van der Waals surface area contributed by atoms with Crippen LogP contribution in [0.3, 0.4) is 0 Å². The van der Waals surface area contributed by atoms with Gasteiger partial charge in [0.05, 0.1) is 0 Å². The summed E-state index contributed by atoms with van der Waals surface area (Å²) in [5.74, 6) is 0.307. The number of hydrogen-bond acceptors (Lipinski definition) is 2. The first-order valence-corrected chi connectivity index (χ1v) is 28.4. The molecule has 0 aromatic heterocycles. The molecule has 11 rings (SSSR count). The van der Waals surface area contributed by atoms with E-state index in [1.54, 1.807) is 0 Å². The van der Waals surface area contributed by atoms with Crippen LogP contribution >= 0.6 is 0 Å². The van der Waals surface area contributed by atoms with Crippen molar-refractivity contribution in [2.45, 2.75) is 90.9 Å². The van der Waals surface area contributed by atoms with Gasteiger partial charge in [-0.25, -0.2) is 0 Å². The average Bonchev–Trinajstić information content (AvgIpc) is 3.49. The largest absolute Gasteiger partial charge is 0.341 e. The fourth-order valence-corrected chi connectivity index (χ4v) is 12.1. The van der Waals surface area contributed by atoms with E-state index in [0.29, 0.717) is 0 Å². The lowest BCUT2D eigenvalue weighted by Gasteiger charge is -2.39. The van der Waals surface area contributed by atoms with Gasteiger partial charge in [-0.05, 0) is 159 Å². The van der Waals surface area contributed by atoms with Crippen molar-refractivity contribution in [3.05, 3.63) is 309 Å². The van der Waals surface area contributed by atoms with E-state index in [-0.39, 0.29) is 17.3 Å². The van der Waals surface area contributed by atoms with Gasteiger partial charge in [0.25, 0.3) is 0 Å². The summed E-state index contributed by atoms with van der Waals surface area (Å²) in [6.07, 6.45) is 5.96. The van der Waals surface area contributed by atoms with Crippen LogP contribution in [0.2, 0.25) is 0 Å². The molecular weight excluding hydrogens is 941 g/mol. The normalized spacial score (nSPS) is 13.2. The van der Waals surface area contributed by atoms with Crippen LogP contribution in [0.5, 0.6) is 0 Å². The molecule has 10 aromatic carbocycles. The van der Waals surface area contributed by atoms with E-state index in [1.165, 1.54) is 131 Å². The monoisotopic (exact) mass is 1010 g/mol. The molecule has 1 aliphatic rings. The van der Waals surface area contributed by atoms with Crippen molar-refractivity contribution in [2.24, 2.45) is 0 Å². The molecule has 0 atom stereocenters. The molecule has 0 bridgehead atoms. The Morgan fingerprint density at radius 1 is 0.269 bits per heavy atom. The third-order valence-electron chi connectivity index (χ3n) is 16.9. The van der Waals surface area contributed by atoms with Crippen molar-refractivity contribution in [1.29, 1.82) is 0 Å². The van der Waals surface area contributed by atoms with Crippen molar-refractivity contribution in [3.8, 4) is 22.3 Å². The fraction of sp³-hybridized carbons (Fsp3) is 0.211. The first-order chi connectivity index (χ1) is 38.0. The van der Waals surface area contributed by atoms with Crippen LogP contribution in [0.15, 0.2) is 243 Å². The van der Waals surface area contributed by atoms with Gasteiger partial charge in [-0.15, -0.1) is 0 Å². The van der Waals surface area contributed by atoms with Crippen molar-refractivity contribution in [1.82, 2.24) is 0 Å². The predicted octanol–water partition coefficient (Wildman–Crippen LogP) is 20.1. The zero-order valence-electron chi connectivity index (χ0n) is 46.6. The Kier molecular flexibility index (Phi) is 15.4. The van der Waals surface area contributed by atoms with E-state index >= 15 is 0 Å². The van der Waals surface area contributed by atoms with Crippen LogP contribution in [-0.2, 0) is 5.41 Å². The minimum atomic E-state index is -0.0883. The Morgan fingerprint density at radius 3 is 0.744 bits per heavy atom. The lowest BCUT2D eigenvalue weighted by molar-refractivity contribution is 0.346. The maximum atomic E-state index is 2.55. The Hall–Kier alpha value is -8.20. The van der Waals surface area contributed by atoms with E-state index in [4.69, 9.17) is 0 Å². The summed E-state index contributed by atoms with van der Waals surface area (Å²) in [5.41, 5.74) is 25.4. The number of aryl methyl sites for hydroxylation is 6. The second kappa shape index (κ2) is 23.2. The highest BCUT2D eigenvalue weighted by molar-refractivity contribution is 5.73. The third-order valence-corrected chi connectivity index (χ3v) is 16.9. The molecule has 0 amide bonds. The van der Waals surface area contributed by atoms with E-state index in [0.717, 1.165) is 25.9 Å². The van der Waals surface area contributed by atoms with Gasteiger partial charge >= 0.3 is 0 Å². The zero-order valence-corrected chi connectivity index (χ0v) is 46.6. The summed E-state index contributed by atoms with van der Waals surface area (Å²) in [6, 6.07) is 92.4. The van der Waals surface area contributed by atoms with Gasteiger partial charge in [0.1, 0.15) is 0 Å². The highest BCUT2D eigenvalue weighted by Crippen LogP contribution is 2.47. The molecule has 2 nitrogen and oxygen atoms in total. The molecule has 2 heteroatoms. The molecule has 0 aliphatic heterocycles. The van der Waals surface area contributed by atoms with Crippen molar-refractivity contribution in [3.63, 3.8) is 0 Å². The van der Waals surface area contributed by atoms with E-state index in [2.05, 4.69) is 294 Å². The molecule has 0 spiro atoms. The molecule has 0 unspecified atom stereocenters. The maximum absolute atomic E-state index is 2.55. The molecule has 1 aliphatic carbocycles. The standard InChI is InChI=1S/C76H74N2/c1-54-10-22-60(23-11-54)62-34-42-70(43-35-62)77(52-74(64-26-14-56(3)15-27-64)65-28-16-57(4)17-29-65)72-46-38-68(39-47-72)76(50-8-7-9-51-76)69-40-48-73(49-41-69)78(71-44-36-63(37-45-71)61-24-12-55(2)13-25-61)53-75(66-30-18-58(5)19-31-66)67-32-20-59(6)21-33-67/h10-49,74-75H,7-9,50-53H2,1-6H3. The third kappa shape index (κ3) is 11.6. The quantitative estimate of drug-likeness (QED) is 0.0952. The Morgan fingerprint density at radius 2 is 0.487 bits per heavy atom. The number of anilines is 4. The lowest BCUT2D eigenvalue weighted by atomic mass is 9.65. The second-order valence-electron chi connectivity index (χ2n) is 22.5. The van der Waals surface area contributed by atoms with Gasteiger partial charge < -0.3 is 9.80 Å². The van der Waals surface area contributed by atoms with Gasteiger partial charge in [0.15, 0.2) is 0 Å². The Labute approximate surface area is 465 Å². The molecular formula is C76H74N2. The van der Waals surface area contributed by atoms with Crippen molar-refractivity contribution < 1.29 is 0 Å². The molecule has 0 heterocycles. The van der Waals surface area contributed by atoms with E-state index in [1.807, 2.05) is 0 Å². The SMILES string of the molecule is Cc1ccc(-c2ccc(N(CC(c3ccc(C)cc3)c3ccc(C)cc3)c3ccc(C4(c5ccc(N(CC(c6ccc(C)cc6)c6ccc(C)cc6)c6ccc(-c7ccc(C)cc7)cc6)cc5)CCCCC4)cc3)cc2)cc1. The summed E-state index contributed by atoms with van der Waals surface area (Å²) in [5, 5.41) is 0. The van der Waals surface area contributed by atoms with E-state index < -0.39 is 0 Å². The highest BCUT2D eigenvalue weighted by Gasteiger charge is 2.36. The first-order valence-electron chi connectivity index (χ1n) is 28.4. The fourth-order valence-electron chi connectivity index (χ4n) is 12.1. The Bertz CT molecular complexity index is 3190. The summed E-state index contributed by atoms with van der Waals surface area (Å²) in [7, 11) is 0. The summed E-state index contributed by atoms with van der Waals surface area (Å²) >= 11 is 0. The van der Waals surface area contributed by atoms with Crippen LogP contribution in [-0.4, -0.2) is 13.1 Å². The zero-order chi connectivity index (χ0) is 53.6. The van der Waals surface area contributed by atoms with Gasteiger partial charge in [-0.2, -0.15) is 0 Å². The van der Waals surface area contributed by atoms with Gasteiger partial charge in [0, 0.05) is 53.1 Å². The van der Waals surface area contributed by atoms with Crippen LogP contribution in [0.25, 0.3) is 22.3 Å². The van der Waals surface area contributed by atoms with Gasteiger partial charge in [-0.1, -0.05) is 247 Å². The summed E-state index contributed by atoms with van der Waals surface area (Å²) in [6.45, 7) is 14.6. The lowest BCUT2D eigenvalue weighted by Crippen LogP contribution is -2.31. The minimum Gasteiger partial charge on any atom is -0.341 e. The molecule has 10 aromatic rings. The molecule has 0 saturated heterocycles. The molecule has 388 valence electrons. The molecule has 78 heavy (non-hydrogen) atoms. The smallest absolute Gasteiger partial charge is 0.0411 e. The van der Waals surface area contributed by atoms with Gasteiger partial charge in [0.2, 0.25) is 0 Å². The minimum absolute atomic E-state index is 0.0883. The maximum Gasteiger partial charge on any atom is 0.0411 e. The van der Waals surface area contributed by atoms with Crippen LogP contribution in [0.1, 0.15) is 111 Å². The summed E-state index contributed by atoms with van der Waals surface area (Å²) < 4.78 is 0.